The van der Waals surface area contributed by atoms with Gasteiger partial charge in [-0.1, -0.05) is 0 Å². The van der Waals surface area contributed by atoms with E-state index in [1.807, 2.05) is 0 Å². The van der Waals surface area contributed by atoms with E-state index < -0.39 is 30.7 Å². The van der Waals surface area contributed by atoms with E-state index in [2.05, 4.69) is 4.74 Å². The van der Waals surface area contributed by atoms with E-state index >= 15 is 0 Å². The minimum atomic E-state index is -4.70. The van der Waals surface area contributed by atoms with Crippen LogP contribution in [0.25, 0.3) is 0 Å². The van der Waals surface area contributed by atoms with Gasteiger partial charge in [0.25, 0.3) is 0 Å². The zero-order valence-electron chi connectivity index (χ0n) is 8.17. The largest absolute Gasteiger partial charge is 0.419 e. The van der Waals surface area contributed by atoms with Crippen LogP contribution in [-0.4, -0.2) is 54.5 Å². The third kappa shape index (κ3) is 2.40. The molecule has 0 aromatic carbocycles. The summed E-state index contributed by atoms with van der Waals surface area (Å²) in [5.41, 5.74) is -2.77. The van der Waals surface area contributed by atoms with Gasteiger partial charge >= 0.3 is 6.18 Å². The Labute approximate surface area is 84.6 Å². The molecule has 1 unspecified atom stereocenters. The van der Waals surface area contributed by atoms with Crippen LogP contribution in [0.4, 0.5) is 13.2 Å². The molecule has 0 saturated carbocycles. The summed E-state index contributed by atoms with van der Waals surface area (Å²) in [6.45, 7) is -1.08. The van der Waals surface area contributed by atoms with Gasteiger partial charge in [0.15, 0.2) is 5.60 Å². The van der Waals surface area contributed by atoms with Crippen LogP contribution in [0.3, 0.4) is 0 Å². The summed E-state index contributed by atoms with van der Waals surface area (Å²) < 4.78 is 41.6. The Morgan fingerprint density at radius 3 is 2.60 bits per heavy atom. The molecule has 15 heavy (non-hydrogen) atoms. The van der Waals surface area contributed by atoms with Gasteiger partial charge in [-0.05, 0) is 0 Å². The number of ether oxygens (including phenoxy) is 1. The number of amides is 1. The normalized spacial score (nSPS) is 27.1. The molecular formula is C8H12F3NO3. The maximum atomic E-state index is 12.3. The fourth-order valence-corrected chi connectivity index (χ4v) is 1.45. The van der Waals surface area contributed by atoms with Gasteiger partial charge in [0, 0.05) is 20.1 Å². The average Bonchev–Trinajstić information content (AvgIpc) is 2.48. The molecule has 1 aliphatic rings. The molecule has 0 radical (unpaired) electrons. The van der Waals surface area contributed by atoms with E-state index in [9.17, 15) is 23.1 Å². The highest BCUT2D eigenvalue weighted by molar-refractivity contribution is 5.77. The number of nitrogens with zero attached hydrogens (tertiary/aromatic N) is 1. The van der Waals surface area contributed by atoms with Crippen molar-refractivity contribution in [2.45, 2.75) is 18.2 Å². The number of β-amino-alcohol motifs (C(OH)–C–C–N with tert-alkyl or cyclic N) is 1. The Balaban J connectivity index is 2.63. The molecule has 1 atom stereocenters. The number of rotatable bonds is 2. The number of hydrogen-bond donors (Lipinski definition) is 1. The van der Waals surface area contributed by atoms with Gasteiger partial charge in [-0.25, -0.2) is 0 Å². The topological polar surface area (TPSA) is 49.8 Å². The van der Waals surface area contributed by atoms with Crippen LogP contribution < -0.4 is 0 Å². The van der Waals surface area contributed by atoms with Crippen LogP contribution in [-0.2, 0) is 9.53 Å². The first kappa shape index (κ1) is 12.3. The molecule has 88 valence electrons. The molecule has 0 aliphatic carbocycles. The van der Waals surface area contributed by atoms with E-state index in [4.69, 9.17) is 0 Å². The highest BCUT2D eigenvalue weighted by atomic mass is 19.4. The predicted octanol–water partition coefficient (Wildman–Crippen LogP) is 0.159. The number of likely N-dealkylation sites (tertiary alicyclic amines) is 1. The Morgan fingerprint density at radius 1 is 1.60 bits per heavy atom. The highest BCUT2D eigenvalue weighted by Gasteiger charge is 2.57. The molecule has 0 bridgehead atoms. The van der Waals surface area contributed by atoms with Gasteiger partial charge in [-0.3, -0.25) is 4.79 Å². The molecule has 1 fully saturated rings. The molecular weight excluding hydrogens is 215 g/mol. The monoisotopic (exact) mass is 227 g/mol. The molecule has 0 spiro atoms. The lowest BCUT2D eigenvalue weighted by atomic mass is 10.0. The van der Waals surface area contributed by atoms with Crippen molar-refractivity contribution < 1.29 is 27.8 Å². The highest BCUT2D eigenvalue weighted by Crippen LogP contribution is 2.37. The number of alkyl halides is 3. The molecule has 1 aliphatic heterocycles. The minimum absolute atomic E-state index is 0.0990. The van der Waals surface area contributed by atoms with Crippen molar-refractivity contribution >= 4 is 5.91 Å². The Bertz CT molecular complexity index is 256. The standard InChI is InChI=1S/C8H12F3NO3/c1-15-4-6(13)12-3-2-7(14,5-12)8(9,10)11/h14H,2-5H2,1H3. The van der Waals surface area contributed by atoms with Crippen LogP contribution in [0, 0.1) is 0 Å². The molecule has 1 saturated heterocycles. The molecule has 1 rings (SSSR count). The number of aliphatic hydroxyl groups is 1. The minimum Gasteiger partial charge on any atom is -0.379 e. The maximum Gasteiger partial charge on any atom is 0.419 e. The first-order valence-electron chi connectivity index (χ1n) is 4.36. The number of methoxy groups -OCH3 is 1. The molecule has 0 aromatic rings. The number of carbonyl (C=O) groups is 1. The lowest BCUT2D eigenvalue weighted by Gasteiger charge is -2.25. The fraction of sp³-hybridized carbons (Fsp3) is 0.875. The fourth-order valence-electron chi connectivity index (χ4n) is 1.45. The van der Waals surface area contributed by atoms with Crippen LogP contribution >= 0.6 is 0 Å². The van der Waals surface area contributed by atoms with E-state index in [0.717, 1.165) is 4.90 Å². The summed E-state index contributed by atoms with van der Waals surface area (Å²) in [6, 6.07) is 0. The second kappa shape index (κ2) is 3.97. The van der Waals surface area contributed by atoms with Gasteiger partial charge in [0.1, 0.15) is 6.61 Å². The van der Waals surface area contributed by atoms with Crippen molar-refractivity contribution in [3.8, 4) is 0 Å². The van der Waals surface area contributed by atoms with Crippen molar-refractivity contribution in [1.29, 1.82) is 0 Å². The zero-order valence-corrected chi connectivity index (χ0v) is 8.17. The Hall–Kier alpha value is -0.820. The van der Waals surface area contributed by atoms with Crippen LogP contribution in [0.1, 0.15) is 6.42 Å². The summed E-state index contributed by atoms with van der Waals surface area (Å²) in [5, 5.41) is 9.26. The van der Waals surface area contributed by atoms with Gasteiger partial charge in [0.05, 0.1) is 6.54 Å². The molecule has 4 nitrogen and oxygen atoms in total. The van der Waals surface area contributed by atoms with Gasteiger partial charge in [0.2, 0.25) is 5.91 Å². The third-order valence-corrected chi connectivity index (χ3v) is 2.40. The average molecular weight is 227 g/mol. The van der Waals surface area contributed by atoms with Crippen molar-refractivity contribution in [2.24, 2.45) is 0 Å². The second-order valence-corrected chi connectivity index (χ2v) is 3.53. The summed E-state index contributed by atoms with van der Waals surface area (Å²) in [7, 11) is 1.28. The van der Waals surface area contributed by atoms with Crippen molar-refractivity contribution in [2.75, 3.05) is 26.8 Å². The van der Waals surface area contributed by atoms with Crippen LogP contribution in [0.5, 0.6) is 0 Å². The van der Waals surface area contributed by atoms with Crippen LogP contribution in [0.2, 0.25) is 0 Å². The zero-order chi connectivity index (χ0) is 11.7. The maximum absolute atomic E-state index is 12.3. The van der Waals surface area contributed by atoms with Gasteiger partial charge < -0.3 is 14.7 Å². The van der Waals surface area contributed by atoms with E-state index in [1.54, 1.807) is 0 Å². The van der Waals surface area contributed by atoms with E-state index in [1.165, 1.54) is 7.11 Å². The Morgan fingerprint density at radius 2 is 2.20 bits per heavy atom. The van der Waals surface area contributed by atoms with Crippen molar-refractivity contribution in [3.05, 3.63) is 0 Å². The quantitative estimate of drug-likeness (QED) is 0.731. The first-order valence-corrected chi connectivity index (χ1v) is 4.36. The van der Waals surface area contributed by atoms with Crippen molar-refractivity contribution in [3.63, 3.8) is 0 Å². The molecule has 1 amide bonds. The molecule has 1 heterocycles. The summed E-state index contributed by atoms with van der Waals surface area (Å²) in [4.78, 5) is 12.1. The van der Waals surface area contributed by atoms with Crippen molar-refractivity contribution in [1.82, 2.24) is 4.90 Å². The van der Waals surface area contributed by atoms with Gasteiger partial charge in [-0.15, -0.1) is 0 Å². The van der Waals surface area contributed by atoms with E-state index in [-0.39, 0.29) is 13.2 Å². The summed E-state index contributed by atoms with van der Waals surface area (Å²) >= 11 is 0. The molecule has 7 heteroatoms. The lowest BCUT2D eigenvalue weighted by Crippen LogP contribution is -2.48. The summed E-state index contributed by atoms with van der Waals surface area (Å²) in [6.07, 6.45) is -5.18. The predicted molar refractivity (Wildman–Crippen MR) is 44.1 cm³/mol. The molecule has 0 aromatic heterocycles. The molecule has 1 N–H and O–H groups in total. The SMILES string of the molecule is COCC(=O)N1CCC(O)(C(F)(F)F)C1. The first-order chi connectivity index (χ1) is 6.80. The van der Waals surface area contributed by atoms with E-state index in [0.29, 0.717) is 0 Å². The lowest BCUT2D eigenvalue weighted by molar-refractivity contribution is -0.253. The Kier molecular flexibility index (Phi) is 3.25. The smallest absolute Gasteiger partial charge is 0.379 e. The van der Waals surface area contributed by atoms with Crippen LogP contribution in [0.15, 0.2) is 0 Å². The number of hydrogen-bond acceptors (Lipinski definition) is 3. The second-order valence-electron chi connectivity index (χ2n) is 3.53. The number of halogens is 3. The third-order valence-electron chi connectivity index (χ3n) is 2.40. The van der Waals surface area contributed by atoms with Gasteiger partial charge in [-0.2, -0.15) is 13.2 Å². The summed E-state index contributed by atoms with van der Waals surface area (Å²) in [5.74, 6) is -0.544. The number of carbonyl (C=O) groups excluding carboxylic acids is 1.